The van der Waals surface area contributed by atoms with Crippen molar-refractivity contribution >= 4 is 5.82 Å². The molecule has 1 aliphatic heterocycles. The summed E-state index contributed by atoms with van der Waals surface area (Å²) in [5.41, 5.74) is 1.15. The van der Waals surface area contributed by atoms with E-state index in [0.717, 1.165) is 57.1 Å². The number of hydrogen-bond donors (Lipinski definition) is 1. The molecule has 1 unspecified atom stereocenters. The van der Waals surface area contributed by atoms with Crippen LogP contribution in [0.25, 0.3) is 0 Å². The molecule has 2 rings (SSSR count). The lowest BCUT2D eigenvalue weighted by Gasteiger charge is -2.32. The average Bonchev–Trinajstić information content (AvgIpc) is 2.52. The van der Waals surface area contributed by atoms with Crippen LogP contribution in [0.15, 0.2) is 18.2 Å². The van der Waals surface area contributed by atoms with Gasteiger partial charge in [0.15, 0.2) is 0 Å². The Bertz CT molecular complexity index is 411. The highest BCUT2D eigenvalue weighted by molar-refractivity contribution is 5.35. The summed E-state index contributed by atoms with van der Waals surface area (Å²) in [7, 11) is 0. The number of rotatable bonds is 8. The summed E-state index contributed by atoms with van der Waals surface area (Å²) < 4.78 is 5.90. The van der Waals surface area contributed by atoms with Gasteiger partial charge in [0.1, 0.15) is 5.82 Å². The van der Waals surface area contributed by atoms with Crippen LogP contribution in [0, 0.1) is 0 Å². The Labute approximate surface area is 128 Å². The summed E-state index contributed by atoms with van der Waals surface area (Å²) in [5.74, 6) is 0.991. The van der Waals surface area contributed by atoms with Crippen LogP contribution in [-0.2, 0) is 11.3 Å². The summed E-state index contributed by atoms with van der Waals surface area (Å²) in [5, 5.41) is 3.35. The van der Waals surface area contributed by atoms with Gasteiger partial charge in [-0.25, -0.2) is 4.98 Å². The maximum Gasteiger partial charge on any atom is 0.126 e. The molecule has 0 bridgehead atoms. The van der Waals surface area contributed by atoms with Crippen molar-refractivity contribution in [1.82, 2.24) is 9.88 Å². The minimum atomic E-state index is 0.403. The smallest absolute Gasteiger partial charge is 0.126 e. The van der Waals surface area contributed by atoms with Crippen molar-refractivity contribution in [3.8, 4) is 0 Å². The first kappa shape index (κ1) is 16.2. The zero-order valence-corrected chi connectivity index (χ0v) is 13.5. The summed E-state index contributed by atoms with van der Waals surface area (Å²) in [6, 6.07) is 6.26. The third-order valence-electron chi connectivity index (χ3n) is 3.77. The quantitative estimate of drug-likeness (QED) is 0.797. The van der Waals surface area contributed by atoms with Gasteiger partial charge in [-0.05, 0) is 44.4 Å². The topological polar surface area (TPSA) is 37.4 Å². The maximum absolute atomic E-state index is 5.90. The third kappa shape index (κ3) is 5.64. The largest absolute Gasteiger partial charge is 0.377 e. The molecule has 0 aromatic carbocycles. The van der Waals surface area contributed by atoms with E-state index in [0.29, 0.717) is 6.10 Å². The van der Waals surface area contributed by atoms with Crippen molar-refractivity contribution in [2.75, 3.05) is 31.6 Å². The predicted octanol–water partition coefficient (Wildman–Crippen LogP) is 3.29. The van der Waals surface area contributed by atoms with Crippen LogP contribution in [-0.4, -0.2) is 42.2 Å². The van der Waals surface area contributed by atoms with Crippen LogP contribution >= 0.6 is 0 Å². The molecule has 118 valence electrons. The normalized spacial score (nSPS) is 19.6. The van der Waals surface area contributed by atoms with Crippen LogP contribution in [0.1, 0.15) is 45.2 Å². The second-order valence-corrected chi connectivity index (χ2v) is 5.81. The van der Waals surface area contributed by atoms with E-state index in [1.165, 1.54) is 12.8 Å². The van der Waals surface area contributed by atoms with Crippen molar-refractivity contribution in [3.63, 3.8) is 0 Å². The van der Waals surface area contributed by atoms with E-state index in [4.69, 9.17) is 9.72 Å². The number of likely N-dealkylation sites (tertiary alicyclic amines) is 1. The molecule has 0 aliphatic carbocycles. The molecule has 1 aliphatic rings. The molecule has 1 aromatic rings. The predicted molar refractivity (Wildman–Crippen MR) is 87.6 cm³/mol. The van der Waals surface area contributed by atoms with Gasteiger partial charge < -0.3 is 10.1 Å². The summed E-state index contributed by atoms with van der Waals surface area (Å²) in [6.07, 6.45) is 5.04. The molecule has 0 amide bonds. The molecule has 1 saturated heterocycles. The minimum Gasteiger partial charge on any atom is -0.377 e. The Balaban J connectivity index is 1.85. The van der Waals surface area contributed by atoms with Crippen molar-refractivity contribution in [2.24, 2.45) is 0 Å². The number of aromatic nitrogens is 1. The van der Waals surface area contributed by atoms with E-state index >= 15 is 0 Å². The first-order valence-corrected chi connectivity index (χ1v) is 8.35. The Hall–Kier alpha value is -1.13. The zero-order valence-electron chi connectivity index (χ0n) is 13.5. The fourth-order valence-electron chi connectivity index (χ4n) is 2.73. The fraction of sp³-hybridized carbons (Fsp3) is 0.706. The SMILES string of the molecule is CCCNc1cccc(CN2CCCC(OCCC)C2)n1. The Morgan fingerprint density at radius 3 is 3.05 bits per heavy atom. The molecular weight excluding hydrogens is 262 g/mol. The molecule has 0 saturated carbocycles. The van der Waals surface area contributed by atoms with Gasteiger partial charge in [-0.2, -0.15) is 0 Å². The summed E-state index contributed by atoms with van der Waals surface area (Å²) in [6.45, 7) is 9.31. The highest BCUT2D eigenvalue weighted by Gasteiger charge is 2.20. The molecule has 1 aromatic heterocycles. The summed E-state index contributed by atoms with van der Waals surface area (Å²) >= 11 is 0. The molecule has 1 atom stereocenters. The van der Waals surface area contributed by atoms with E-state index in [-0.39, 0.29) is 0 Å². The molecule has 1 N–H and O–H groups in total. The van der Waals surface area contributed by atoms with Gasteiger partial charge in [-0.1, -0.05) is 19.9 Å². The number of hydrogen-bond acceptors (Lipinski definition) is 4. The van der Waals surface area contributed by atoms with E-state index in [2.05, 4.69) is 36.2 Å². The van der Waals surface area contributed by atoms with Crippen LogP contribution in [0.5, 0.6) is 0 Å². The minimum absolute atomic E-state index is 0.403. The molecule has 0 spiro atoms. The average molecular weight is 291 g/mol. The lowest BCUT2D eigenvalue weighted by Crippen LogP contribution is -2.39. The van der Waals surface area contributed by atoms with Crippen molar-refractivity contribution < 1.29 is 4.74 Å². The Kier molecular flexibility index (Phi) is 6.96. The standard InChI is InChI=1S/C17H29N3O/c1-3-10-18-17-9-5-7-15(19-17)13-20-11-6-8-16(14-20)21-12-4-2/h5,7,9,16H,3-4,6,8,10-14H2,1-2H3,(H,18,19). The van der Waals surface area contributed by atoms with Gasteiger partial charge in [0.05, 0.1) is 11.8 Å². The number of piperidine rings is 1. The van der Waals surface area contributed by atoms with Crippen molar-refractivity contribution in [3.05, 3.63) is 23.9 Å². The lowest BCUT2D eigenvalue weighted by atomic mass is 10.1. The molecule has 4 nitrogen and oxygen atoms in total. The number of pyridine rings is 1. The highest BCUT2D eigenvalue weighted by atomic mass is 16.5. The molecular formula is C17H29N3O. The monoisotopic (exact) mass is 291 g/mol. The van der Waals surface area contributed by atoms with Gasteiger partial charge in [0, 0.05) is 26.2 Å². The number of ether oxygens (including phenoxy) is 1. The molecule has 1 fully saturated rings. The summed E-state index contributed by atoms with van der Waals surface area (Å²) in [4.78, 5) is 7.17. The van der Waals surface area contributed by atoms with Gasteiger partial charge in [-0.15, -0.1) is 0 Å². The Morgan fingerprint density at radius 2 is 2.24 bits per heavy atom. The number of nitrogens with one attached hydrogen (secondary N) is 1. The fourth-order valence-corrected chi connectivity index (χ4v) is 2.73. The van der Waals surface area contributed by atoms with E-state index < -0.39 is 0 Å². The van der Waals surface area contributed by atoms with E-state index in [9.17, 15) is 0 Å². The van der Waals surface area contributed by atoms with Gasteiger partial charge in [-0.3, -0.25) is 4.90 Å². The molecule has 0 radical (unpaired) electrons. The van der Waals surface area contributed by atoms with Crippen LogP contribution in [0.2, 0.25) is 0 Å². The first-order chi connectivity index (χ1) is 10.3. The first-order valence-electron chi connectivity index (χ1n) is 8.35. The molecule has 2 heterocycles. The van der Waals surface area contributed by atoms with E-state index in [1.54, 1.807) is 0 Å². The highest BCUT2D eigenvalue weighted by Crippen LogP contribution is 2.16. The van der Waals surface area contributed by atoms with Crippen molar-refractivity contribution in [2.45, 2.75) is 52.2 Å². The molecule has 21 heavy (non-hydrogen) atoms. The van der Waals surface area contributed by atoms with Gasteiger partial charge in [0.2, 0.25) is 0 Å². The molecule has 4 heteroatoms. The van der Waals surface area contributed by atoms with E-state index in [1.807, 2.05) is 6.07 Å². The zero-order chi connectivity index (χ0) is 14.9. The second kappa shape index (κ2) is 9.00. The van der Waals surface area contributed by atoms with Crippen LogP contribution < -0.4 is 5.32 Å². The van der Waals surface area contributed by atoms with Gasteiger partial charge >= 0.3 is 0 Å². The Morgan fingerprint density at radius 1 is 1.33 bits per heavy atom. The number of anilines is 1. The van der Waals surface area contributed by atoms with Crippen LogP contribution in [0.3, 0.4) is 0 Å². The third-order valence-corrected chi connectivity index (χ3v) is 3.77. The van der Waals surface area contributed by atoms with Gasteiger partial charge in [0.25, 0.3) is 0 Å². The lowest BCUT2D eigenvalue weighted by molar-refractivity contribution is -0.00251. The van der Waals surface area contributed by atoms with Crippen LogP contribution in [0.4, 0.5) is 5.82 Å². The second-order valence-electron chi connectivity index (χ2n) is 5.81. The maximum atomic E-state index is 5.90. The van der Waals surface area contributed by atoms with Crippen molar-refractivity contribution in [1.29, 1.82) is 0 Å². The number of nitrogens with zero attached hydrogens (tertiary/aromatic N) is 2.